The van der Waals surface area contributed by atoms with Gasteiger partial charge in [-0.25, -0.2) is 9.97 Å². The molecule has 1 fully saturated rings. The molecular formula is C18H22N6O. The number of rotatable bonds is 4. The van der Waals surface area contributed by atoms with Crippen LogP contribution in [0.2, 0.25) is 0 Å². The van der Waals surface area contributed by atoms with Gasteiger partial charge in [0.05, 0.1) is 29.2 Å². The highest BCUT2D eigenvalue weighted by atomic mass is 16.5. The fourth-order valence-corrected chi connectivity index (χ4v) is 3.48. The summed E-state index contributed by atoms with van der Waals surface area (Å²) in [7, 11) is 0. The minimum Gasteiger partial charge on any atom is -0.356 e. The van der Waals surface area contributed by atoms with Crippen LogP contribution in [0.25, 0.3) is 11.3 Å². The quantitative estimate of drug-likeness (QED) is 0.786. The molecule has 1 N–H and O–H groups in total. The normalized spacial score (nSPS) is 18.6. The first-order valence-electron chi connectivity index (χ1n) is 8.69. The maximum atomic E-state index is 5.46. The monoisotopic (exact) mass is 338 g/mol. The first-order valence-corrected chi connectivity index (χ1v) is 8.69. The molecule has 3 aromatic rings. The number of aromatic nitrogens is 5. The molecule has 1 aliphatic heterocycles. The van der Waals surface area contributed by atoms with Gasteiger partial charge in [-0.15, -0.1) is 0 Å². The van der Waals surface area contributed by atoms with Crippen molar-refractivity contribution in [2.24, 2.45) is 0 Å². The molecule has 7 nitrogen and oxygen atoms in total. The van der Waals surface area contributed by atoms with E-state index < -0.39 is 0 Å². The molecule has 0 bridgehead atoms. The van der Waals surface area contributed by atoms with E-state index in [1.165, 1.54) is 12.8 Å². The van der Waals surface area contributed by atoms with Gasteiger partial charge in [0.1, 0.15) is 5.82 Å². The molecule has 130 valence electrons. The Labute approximate surface area is 146 Å². The molecule has 0 saturated carbocycles. The molecular weight excluding hydrogens is 316 g/mol. The maximum Gasteiger partial charge on any atom is 0.170 e. The molecule has 0 spiro atoms. The van der Waals surface area contributed by atoms with Gasteiger partial charge in [-0.2, -0.15) is 5.10 Å². The Kier molecular flexibility index (Phi) is 4.31. The van der Waals surface area contributed by atoms with Crippen molar-refractivity contribution in [2.45, 2.75) is 45.7 Å². The van der Waals surface area contributed by atoms with E-state index in [0.29, 0.717) is 0 Å². The van der Waals surface area contributed by atoms with E-state index in [-0.39, 0.29) is 6.04 Å². The Bertz CT molecular complexity index is 837. The third kappa shape index (κ3) is 3.32. The van der Waals surface area contributed by atoms with Crippen molar-refractivity contribution in [3.8, 4) is 11.3 Å². The summed E-state index contributed by atoms with van der Waals surface area (Å²) >= 11 is 0. The van der Waals surface area contributed by atoms with Crippen LogP contribution in [0.3, 0.4) is 0 Å². The van der Waals surface area contributed by atoms with Crippen molar-refractivity contribution < 1.29 is 4.52 Å². The molecule has 1 atom stereocenters. The number of nitrogens with one attached hydrogen (secondary N) is 1. The predicted molar refractivity (Wildman–Crippen MR) is 92.6 cm³/mol. The molecule has 1 saturated heterocycles. The summed E-state index contributed by atoms with van der Waals surface area (Å²) in [5, 5.41) is 11.5. The second kappa shape index (κ2) is 6.76. The smallest absolute Gasteiger partial charge is 0.170 e. The van der Waals surface area contributed by atoms with Gasteiger partial charge < -0.3 is 4.52 Å². The van der Waals surface area contributed by atoms with Crippen molar-refractivity contribution in [3.63, 3.8) is 0 Å². The minimum atomic E-state index is 0.276. The van der Waals surface area contributed by atoms with Gasteiger partial charge in [0, 0.05) is 30.6 Å². The molecule has 0 amide bonds. The lowest BCUT2D eigenvalue weighted by atomic mass is 9.96. The summed E-state index contributed by atoms with van der Waals surface area (Å²) in [6, 6.07) is 2.23. The zero-order chi connectivity index (χ0) is 17.2. The Morgan fingerprint density at radius 3 is 2.80 bits per heavy atom. The lowest BCUT2D eigenvalue weighted by Crippen LogP contribution is -2.33. The molecule has 0 unspecified atom stereocenters. The number of H-pyrrole nitrogens is 1. The Morgan fingerprint density at radius 2 is 2.04 bits per heavy atom. The van der Waals surface area contributed by atoms with Crippen LogP contribution >= 0.6 is 0 Å². The summed E-state index contributed by atoms with van der Waals surface area (Å²) in [5.41, 5.74) is 4.11. The molecule has 4 rings (SSSR count). The molecule has 0 aliphatic carbocycles. The van der Waals surface area contributed by atoms with Gasteiger partial charge in [0.2, 0.25) is 0 Å². The Balaban J connectivity index is 1.61. The van der Waals surface area contributed by atoms with Gasteiger partial charge in [-0.05, 0) is 33.2 Å². The number of hydrogen-bond donors (Lipinski definition) is 1. The molecule has 0 aromatic carbocycles. The SMILES string of the molecule is Cc1cc(-c2cn[nH]c2[C@@H]2CCCCN2Cc2cnc(C)nc2)on1. The van der Waals surface area contributed by atoms with Crippen molar-refractivity contribution in [1.29, 1.82) is 0 Å². The third-order valence-corrected chi connectivity index (χ3v) is 4.73. The average molecular weight is 338 g/mol. The summed E-state index contributed by atoms with van der Waals surface area (Å²) < 4.78 is 5.46. The van der Waals surface area contributed by atoms with Crippen molar-refractivity contribution in [1.82, 2.24) is 30.2 Å². The van der Waals surface area contributed by atoms with Gasteiger partial charge in [-0.3, -0.25) is 10.00 Å². The van der Waals surface area contributed by atoms with E-state index in [0.717, 1.165) is 53.6 Å². The fraction of sp³-hybridized carbons (Fsp3) is 0.444. The highest BCUT2D eigenvalue weighted by Crippen LogP contribution is 2.36. The molecule has 7 heteroatoms. The van der Waals surface area contributed by atoms with Gasteiger partial charge in [0.25, 0.3) is 0 Å². The molecule has 25 heavy (non-hydrogen) atoms. The number of nitrogens with zero attached hydrogens (tertiary/aromatic N) is 5. The zero-order valence-corrected chi connectivity index (χ0v) is 14.6. The van der Waals surface area contributed by atoms with Gasteiger partial charge >= 0.3 is 0 Å². The molecule has 0 radical (unpaired) electrons. The van der Waals surface area contributed by atoms with E-state index in [4.69, 9.17) is 4.52 Å². The third-order valence-electron chi connectivity index (χ3n) is 4.73. The largest absolute Gasteiger partial charge is 0.356 e. The van der Waals surface area contributed by atoms with E-state index >= 15 is 0 Å². The highest BCUT2D eigenvalue weighted by Gasteiger charge is 2.28. The summed E-state index contributed by atoms with van der Waals surface area (Å²) in [6.45, 7) is 5.71. The second-order valence-corrected chi connectivity index (χ2v) is 6.65. The van der Waals surface area contributed by atoms with Crippen LogP contribution in [0, 0.1) is 13.8 Å². The van der Waals surface area contributed by atoms with E-state index in [1.54, 1.807) is 0 Å². The van der Waals surface area contributed by atoms with Crippen LogP contribution in [0.5, 0.6) is 0 Å². The summed E-state index contributed by atoms with van der Waals surface area (Å²) in [5.74, 6) is 1.57. The number of piperidine rings is 1. The topological polar surface area (TPSA) is 83.7 Å². The highest BCUT2D eigenvalue weighted by molar-refractivity contribution is 5.60. The predicted octanol–water partition coefficient (Wildman–Crippen LogP) is 3.20. The summed E-state index contributed by atoms with van der Waals surface area (Å²) in [6.07, 6.45) is 9.17. The van der Waals surface area contributed by atoms with E-state index in [9.17, 15) is 0 Å². The lowest BCUT2D eigenvalue weighted by Gasteiger charge is -2.35. The first kappa shape index (κ1) is 16.0. The number of hydrogen-bond acceptors (Lipinski definition) is 6. The van der Waals surface area contributed by atoms with Crippen molar-refractivity contribution in [2.75, 3.05) is 6.54 Å². The fourth-order valence-electron chi connectivity index (χ4n) is 3.48. The van der Waals surface area contributed by atoms with Crippen LogP contribution in [-0.4, -0.2) is 36.8 Å². The Hall–Kier alpha value is -2.54. The van der Waals surface area contributed by atoms with Crippen LogP contribution in [0.15, 0.2) is 29.2 Å². The van der Waals surface area contributed by atoms with Crippen LogP contribution in [0.1, 0.15) is 48.1 Å². The maximum absolute atomic E-state index is 5.46. The average Bonchev–Trinajstić information content (AvgIpc) is 3.26. The molecule has 3 aromatic heterocycles. The standard InChI is InChI=1S/C18H22N6O/c1-12-7-17(25-23-12)15-10-21-22-18(15)16-5-3-4-6-24(16)11-14-8-19-13(2)20-9-14/h7-10,16H,3-6,11H2,1-2H3,(H,21,22)/t16-/m0/s1. The molecule has 4 heterocycles. The number of aryl methyl sites for hydroxylation is 2. The van der Waals surface area contributed by atoms with Crippen LogP contribution in [-0.2, 0) is 6.54 Å². The minimum absolute atomic E-state index is 0.276. The first-order chi connectivity index (χ1) is 12.2. The Morgan fingerprint density at radius 1 is 1.20 bits per heavy atom. The van der Waals surface area contributed by atoms with Crippen molar-refractivity contribution in [3.05, 3.63) is 47.4 Å². The second-order valence-electron chi connectivity index (χ2n) is 6.65. The summed E-state index contributed by atoms with van der Waals surface area (Å²) in [4.78, 5) is 11.1. The van der Waals surface area contributed by atoms with E-state index in [1.807, 2.05) is 38.5 Å². The zero-order valence-electron chi connectivity index (χ0n) is 14.6. The van der Waals surface area contributed by atoms with Crippen LogP contribution in [0.4, 0.5) is 0 Å². The van der Waals surface area contributed by atoms with Crippen molar-refractivity contribution >= 4 is 0 Å². The van der Waals surface area contributed by atoms with E-state index in [2.05, 4.69) is 30.2 Å². The van der Waals surface area contributed by atoms with Gasteiger partial charge in [-0.1, -0.05) is 11.6 Å². The number of aromatic amines is 1. The number of likely N-dealkylation sites (tertiary alicyclic amines) is 1. The van der Waals surface area contributed by atoms with Gasteiger partial charge in [0.15, 0.2) is 5.76 Å². The molecule has 1 aliphatic rings. The lowest BCUT2D eigenvalue weighted by molar-refractivity contribution is 0.137. The van der Waals surface area contributed by atoms with Crippen LogP contribution < -0.4 is 0 Å².